The Bertz CT molecular complexity index is 1100. The van der Waals surface area contributed by atoms with Crippen LogP contribution < -0.4 is 21.3 Å². The molecule has 0 unspecified atom stereocenters. The second-order valence-corrected chi connectivity index (χ2v) is 9.91. The molecule has 32 heavy (non-hydrogen) atoms. The van der Waals surface area contributed by atoms with E-state index in [1.807, 2.05) is 6.92 Å². The Balaban J connectivity index is 1.68. The SMILES string of the molecule is CCNc1ccc(S(=O)(=O)N(C)C)cc1NCC(=O)Nc1cccc(C(=O)NC2CC2)c1. The van der Waals surface area contributed by atoms with Gasteiger partial charge in [-0.05, 0) is 56.2 Å². The van der Waals surface area contributed by atoms with E-state index in [0.29, 0.717) is 29.2 Å². The molecule has 0 aliphatic heterocycles. The van der Waals surface area contributed by atoms with Gasteiger partial charge >= 0.3 is 0 Å². The number of anilines is 3. The van der Waals surface area contributed by atoms with Gasteiger partial charge in [0.15, 0.2) is 0 Å². The molecule has 0 spiro atoms. The van der Waals surface area contributed by atoms with Gasteiger partial charge in [-0.3, -0.25) is 9.59 Å². The predicted octanol–water partition coefficient (Wildman–Crippen LogP) is 2.31. The molecule has 3 rings (SSSR count). The van der Waals surface area contributed by atoms with Gasteiger partial charge < -0.3 is 21.3 Å². The lowest BCUT2D eigenvalue weighted by atomic mass is 10.2. The van der Waals surface area contributed by atoms with Crippen molar-refractivity contribution in [1.29, 1.82) is 0 Å². The summed E-state index contributed by atoms with van der Waals surface area (Å²) in [4.78, 5) is 24.8. The maximum absolute atomic E-state index is 12.5. The second-order valence-electron chi connectivity index (χ2n) is 7.76. The van der Waals surface area contributed by atoms with Crippen LogP contribution in [0.1, 0.15) is 30.1 Å². The van der Waals surface area contributed by atoms with Gasteiger partial charge in [0.2, 0.25) is 15.9 Å². The van der Waals surface area contributed by atoms with Crippen molar-refractivity contribution in [3.63, 3.8) is 0 Å². The topological polar surface area (TPSA) is 120 Å². The summed E-state index contributed by atoms with van der Waals surface area (Å²) >= 11 is 0. The van der Waals surface area contributed by atoms with Crippen LogP contribution in [0, 0.1) is 0 Å². The zero-order chi connectivity index (χ0) is 23.3. The smallest absolute Gasteiger partial charge is 0.251 e. The van der Waals surface area contributed by atoms with Crippen molar-refractivity contribution in [3.05, 3.63) is 48.0 Å². The molecule has 0 aromatic heterocycles. The number of hydrogen-bond donors (Lipinski definition) is 4. The van der Waals surface area contributed by atoms with E-state index in [9.17, 15) is 18.0 Å². The first-order valence-corrected chi connectivity index (χ1v) is 11.9. The predicted molar refractivity (Wildman–Crippen MR) is 126 cm³/mol. The largest absolute Gasteiger partial charge is 0.384 e. The highest BCUT2D eigenvalue weighted by Crippen LogP contribution is 2.26. The normalized spacial score (nSPS) is 13.5. The summed E-state index contributed by atoms with van der Waals surface area (Å²) in [5.41, 5.74) is 2.19. The van der Waals surface area contributed by atoms with Gasteiger partial charge in [-0.1, -0.05) is 6.07 Å². The van der Waals surface area contributed by atoms with Gasteiger partial charge in [-0.25, -0.2) is 12.7 Å². The summed E-state index contributed by atoms with van der Waals surface area (Å²) in [7, 11) is -0.678. The first-order valence-electron chi connectivity index (χ1n) is 10.5. The molecular weight excluding hydrogens is 430 g/mol. The van der Waals surface area contributed by atoms with Gasteiger partial charge in [0.05, 0.1) is 22.8 Å². The fourth-order valence-corrected chi connectivity index (χ4v) is 3.93. The van der Waals surface area contributed by atoms with Crippen molar-refractivity contribution in [2.45, 2.75) is 30.7 Å². The number of carbonyl (C=O) groups is 2. The van der Waals surface area contributed by atoms with Crippen LogP contribution in [0.15, 0.2) is 47.4 Å². The van der Waals surface area contributed by atoms with E-state index in [0.717, 1.165) is 17.1 Å². The summed E-state index contributed by atoms with van der Waals surface area (Å²) in [5, 5.41) is 11.8. The van der Waals surface area contributed by atoms with Crippen LogP contribution in [-0.2, 0) is 14.8 Å². The summed E-state index contributed by atoms with van der Waals surface area (Å²) < 4.78 is 26.0. The van der Waals surface area contributed by atoms with E-state index in [1.165, 1.54) is 26.2 Å². The van der Waals surface area contributed by atoms with Crippen molar-refractivity contribution < 1.29 is 18.0 Å². The number of sulfonamides is 1. The third kappa shape index (κ3) is 5.98. The van der Waals surface area contributed by atoms with Crippen LogP contribution in [0.5, 0.6) is 0 Å². The number of benzene rings is 2. The minimum atomic E-state index is -3.61. The van der Waals surface area contributed by atoms with Crippen LogP contribution in [0.4, 0.5) is 17.1 Å². The number of amides is 2. The Morgan fingerprint density at radius 3 is 2.44 bits per heavy atom. The first-order chi connectivity index (χ1) is 15.2. The van der Waals surface area contributed by atoms with Gasteiger partial charge in [0.25, 0.3) is 5.91 Å². The van der Waals surface area contributed by atoms with Crippen LogP contribution in [0.25, 0.3) is 0 Å². The average Bonchev–Trinajstić information content (AvgIpc) is 3.57. The first kappa shape index (κ1) is 23.6. The summed E-state index contributed by atoms with van der Waals surface area (Å²) in [6, 6.07) is 11.7. The Hall–Kier alpha value is -3.11. The highest BCUT2D eigenvalue weighted by atomic mass is 32.2. The Morgan fingerprint density at radius 1 is 1.03 bits per heavy atom. The van der Waals surface area contributed by atoms with E-state index < -0.39 is 10.0 Å². The van der Waals surface area contributed by atoms with Crippen LogP contribution in [-0.4, -0.2) is 57.8 Å². The zero-order valence-electron chi connectivity index (χ0n) is 18.4. The molecule has 4 N–H and O–H groups in total. The number of carbonyl (C=O) groups excluding carboxylic acids is 2. The van der Waals surface area contributed by atoms with Gasteiger partial charge in [-0.2, -0.15) is 0 Å². The Labute approximate surface area is 188 Å². The van der Waals surface area contributed by atoms with E-state index in [-0.39, 0.29) is 29.3 Å². The van der Waals surface area contributed by atoms with Crippen molar-refractivity contribution in [2.24, 2.45) is 0 Å². The lowest BCUT2D eigenvalue weighted by Crippen LogP contribution is -2.26. The minimum absolute atomic E-state index is 0.0810. The van der Waals surface area contributed by atoms with E-state index in [2.05, 4.69) is 21.3 Å². The molecule has 0 bridgehead atoms. The minimum Gasteiger partial charge on any atom is -0.384 e. The number of rotatable bonds is 10. The molecule has 1 saturated carbocycles. The summed E-state index contributed by atoms with van der Waals surface area (Å²) in [6.45, 7) is 2.48. The van der Waals surface area contributed by atoms with Crippen molar-refractivity contribution in [1.82, 2.24) is 9.62 Å². The number of nitrogens with zero attached hydrogens (tertiary/aromatic N) is 1. The van der Waals surface area contributed by atoms with E-state index in [1.54, 1.807) is 30.3 Å². The molecule has 2 amide bonds. The highest BCUT2D eigenvalue weighted by molar-refractivity contribution is 7.89. The van der Waals surface area contributed by atoms with Crippen molar-refractivity contribution >= 4 is 38.9 Å². The molecule has 2 aromatic rings. The van der Waals surface area contributed by atoms with Crippen LogP contribution in [0.3, 0.4) is 0 Å². The molecule has 10 heteroatoms. The van der Waals surface area contributed by atoms with Gasteiger partial charge in [0, 0.05) is 37.9 Å². The van der Waals surface area contributed by atoms with Gasteiger partial charge in [0.1, 0.15) is 0 Å². The summed E-state index contributed by atoms with van der Waals surface area (Å²) in [6.07, 6.45) is 2.00. The molecule has 0 saturated heterocycles. The fraction of sp³-hybridized carbons (Fsp3) is 0.364. The molecule has 0 atom stereocenters. The molecule has 0 heterocycles. The Morgan fingerprint density at radius 2 is 1.78 bits per heavy atom. The van der Waals surface area contributed by atoms with Crippen LogP contribution >= 0.6 is 0 Å². The quantitative estimate of drug-likeness (QED) is 0.433. The third-order valence-corrected chi connectivity index (χ3v) is 6.71. The molecule has 9 nitrogen and oxygen atoms in total. The standard InChI is InChI=1S/C22H29N5O4S/c1-4-23-19-11-10-18(32(30,31)27(2)3)13-20(19)24-14-21(28)25-17-7-5-6-15(12-17)22(29)26-16-8-9-16/h5-7,10-13,16,23-24H,4,8-9,14H2,1-3H3,(H,25,28)(H,26,29). The average molecular weight is 460 g/mol. The maximum Gasteiger partial charge on any atom is 0.251 e. The zero-order valence-corrected chi connectivity index (χ0v) is 19.3. The summed E-state index contributed by atoms with van der Waals surface area (Å²) in [5.74, 6) is -0.482. The van der Waals surface area contributed by atoms with Crippen molar-refractivity contribution in [2.75, 3.05) is 43.1 Å². The molecule has 172 valence electrons. The van der Waals surface area contributed by atoms with E-state index in [4.69, 9.17) is 0 Å². The van der Waals surface area contributed by atoms with E-state index >= 15 is 0 Å². The number of nitrogens with one attached hydrogen (secondary N) is 4. The van der Waals surface area contributed by atoms with Crippen LogP contribution in [0.2, 0.25) is 0 Å². The fourth-order valence-electron chi connectivity index (χ4n) is 3.00. The molecule has 1 fully saturated rings. The molecular formula is C22H29N5O4S. The monoisotopic (exact) mass is 459 g/mol. The second kappa shape index (κ2) is 10.0. The highest BCUT2D eigenvalue weighted by Gasteiger charge is 2.24. The Kier molecular flexibility index (Phi) is 7.37. The molecule has 0 radical (unpaired) electrons. The molecule has 1 aliphatic rings. The maximum atomic E-state index is 12.5. The lowest BCUT2D eigenvalue weighted by Gasteiger charge is -2.17. The lowest BCUT2D eigenvalue weighted by molar-refractivity contribution is -0.114. The van der Waals surface area contributed by atoms with Crippen molar-refractivity contribution in [3.8, 4) is 0 Å². The van der Waals surface area contributed by atoms with Gasteiger partial charge in [-0.15, -0.1) is 0 Å². The number of hydrogen-bond acceptors (Lipinski definition) is 6. The molecule has 2 aromatic carbocycles. The molecule has 1 aliphatic carbocycles. The third-order valence-electron chi connectivity index (χ3n) is 4.90.